The number of sulfonamides is 1. The van der Waals surface area contributed by atoms with Crippen LogP contribution in [0.5, 0.6) is 0 Å². The van der Waals surface area contributed by atoms with Crippen LogP contribution in [0.2, 0.25) is 0 Å². The van der Waals surface area contributed by atoms with Crippen LogP contribution in [0.4, 0.5) is 5.82 Å². The first kappa shape index (κ1) is 24.6. The van der Waals surface area contributed by atoms with Gasteiger partial charge in [0.15, 0.2) is 0 Å². The van der Waals surface area contributed by atoms with Crippen LogP contribution >= 0.6 is 0 Å². The zero-order chi connectivity index (χ0) is 23.8. The van der Waals surface area contributed by atoms with Crippen LogP contribution in [0.3, 0.4) is 0 Å². The lowest BCUT2D eigenvalue weighted by Crippen LogP contribution is -2.40. The van der Waals surface area contributed by atoms with E-state index in [4.69, 9.17) is 4.74 Å². The Morgan fingerprint density at radius 2 is 1.59 bits per heavy atom. The van der Waals surface area contributed by atoms with Crippen molar-refractivity contribution in [2.45, 2.75) is 50.0 Å². The molecule has 1 aromatic carbocycles. The third-order valence-electron chi connectivity index (χ3n) is 6.40. The number of morpholine rings is 1. The molecule has 3 heterocycles. The van der Waals surface area contributed by atoms with Crippen molar-refractivity contribution in [2.24, 2.45) is 0 Å². The fraction of sp³-hybridized carbons (Fsp3) is 0.520. The van der Waals surface area contributed by atoms with Gasteiger partial charge >= 0.3 is 0 Å². The number of anilines is 1. The molecule has 9 heteroatoms. The van der Waals surface area contributed by atoms with Gasteiger partial charge in [-0.25, -0.2) is 13.4 Å². The lowest BCUT2D eigenvalue weighted by molar-refractivity contribution is -0.121. The Bertz CT molecular complexity index is 1030. The molecule has 1 amide bonds. The average Bonchev–Trinajstić information content (AvgIpc) is 3.17. The lowest BCUT2D eigenvalue weighted by Gasteiger charge is -2.26. The minimum atomic E-state index is -3.50. The van der Waals surface area contributed by atoms with E-state index < -0.39 is 10.0 Å². The second-order valence-corrected chi connectivity index (χ2v) is 10.8. The molecule has 0 saturated carbocycles. The molecule has 2 saturated heterocycles. The Morgan fingerprint density at radius 1 is 0.912 bits per heavy atom. The number of amides is 1. The summed E-state index contributed by atoms with van der Waals surface area (Å²) in [6, 6.07) is 10.9. The Kier molecular flexibility index (Phi) is 8.53. The van der Waals surface area contributed by atoms with E-state index in [0.29, 0.717) is 45.7 Å². The van der Waals surface area contributed by atoms with Gasteiger partial charge in [-0.3, -0.25) is 4.79 Å². The summed E-state index contributed by atoms with van der Waals surface area (Å²) in [4.78, 5) is 19.5. The van der Waals surface area contributed by atoms with E-state index >= 15 is 0 Å². The second-order valence-electron chi connectivity index (χ2n) is 8.86. The number of nitrogens with zero attached hydrogens (tertiary/aromatic N) is 3. The molecule has 4 rings (SSSR count). The van der Waals surface area contributed by atoms with Gasteiger partial charge in [-0.15, -0.1) is 0 Å². The number of rotatable bonds is 8. The first-order valence-corrected chi connectivity index (χ1v) is 13.6. The van der Waals surface area contributed by atoms with Gasteiger partial charge in [-0.2, -0.15) is 4.31 Å². The number of hydrogen-bond donors (Lipinski definition) is 1. The predicted octanol–water partition coefficient (Wildman–Crippen LogP) is 2.73. The SMILES string of the molecule is O=C(CCc1ccc(S(=O)(=O)N2CCOCC2)cc1)NCc1ccc(N2CCCCCC2)nc1. The topological polar surface area (TPSA) is 91.8 Å². The van der Waals surface area contributed by atoms with Gasteiger partial charge in [0, 0.05) is 45.3 Å². The summed E-state index contributed by atoms with van der Waals surface area (Å²) in [5, 5.41) is 2.95. The van der Waals surface area contributed by atoms with Crippen LogP contribution in [-0.2, 0) is 32.5 Å². The molecule has 184 valence electrons. The Morgan fingerprint density at radius 3 is 2.24 bits per heavy atom. The fourth-order valence-electron chi connectivity index (χ4n) is 4.32. The molecule has 0 aliphatic carbocycles. The van der Waals surface area contributed by atoms with Crippen molar-refractivity contribution < 1.29 is 17.9 Å². The molecule has 2 fully saturated rings. The number of pyridine rings is 1. The molecule has 0 unspecified atom stereocenters. The van der Waals surface area contributed by atoms with E-state index in [1.807, 2.05) is 18.3 Å². The molecule has 0 spiro atoms. The Balaban J connectivity index is 1.22. The van der Waals surface area contributed by atoms with E-state index in [9.17, 15) is 13.2 Å². The molecule has 0 bridgehead atoms. The van der Waals surface area contributed by atoms with Crippen molar-refractivity contribution in [1.29, 1.82) is 0 Å². The number of benzene rings is 1. The van der Waals surface area contributed by atoms with Crippen LogP contribution < -0.4 is 10.2 Å². The predicted molar refractivity (Wildman–Crippen MR) is 131 cm³/mol. The maximum Gasteiger partial charge on any atom is 0.243 e. The fourth-order valence-corrected chi connectivity index (χ4v) is 5.73. The zero-order valence-corrected chi connectivity index (χ0v) is 20.4. The van der Waals surface area contributed by atoms with Crippen molar-refractivity contribution in [2.75, 3.05) is 44.3 Å². The molecule has 8 nitrogen and oxygen atoms in total. The van der Waals surface area contributed by atoms with Crippen LogP contribution in [0.1, 0.15) is 43.2 Å². The average molecular weight is 487 g/mol. The first-order chi connectivity index (χ1) is 16.5. The summed E-state index contributed by atoms with van der Waals surface area (Å²) in [5.41, 5.74) is 1.91. The van der Waals surface area contributed by atoms with Gasteiger partial charge in [-0.1, -0.05) is 31.0 Å². The third kappa shape index (κ3) is 6.55. The zero-order valence-electron chi connectivity index (χ0n) is 19.6. The molecule has 2 aromatic rings. The summed E-state index contributed by atoms with van der Waals surface area (Å²) < 4.78 is 32.1. The Labute approximate surface area is 202 Å². The monoisotopic (exact) mass is 486 g/mol. The van der Waals surface area contributed by atoms with E-state index in [2.05, 4.69) is 15.2 Å². The number of nitrogens with one attached hydrogen (secondary N) is 1. The molecule has 2 aliphatic heterocycles. The summed E-state index contributed by atoms with van der Waals surface area (Å²) in [7, 11) is -3.50. The van der Waals surface area contributed by atoms with Crippen molar-refractivity contribution >= 4 is 21.7 Å². The quantitative estimate of drug-likeness (QED) is 0.617. The van der Waals surface area contributed by atoms with Gasteiger partial charge in [0.2, 0.25) is 15.9 Å². The second kappa shape index (κ2) is 11.8. The summed E-state index contributed by atoms with van der Waals surface area (Å²) in [6.07, 6.45) is 7.74. The van der Waals surface area contributed by atoms with Gasteiger partial charge in [-0.05, 0) is 48.6 Å². The summed E-state index contributed by atoms with van der Waals surface area (Å²) >= 11 is 0. The summed E-state index contributed by atoms with van der Waals surface area (Å²) in [6.45, 7) is 4.16. The minimum Gasteiger partial charge on any atom is -0.379 e. The number of aryl methyl sites for hydroxylation is 1. The van der Waals surface area contributed by atoms with Crippen LogP contribution in [0.15, 0.2) is 47.5 Å². The first-order valence-electron chi connectivity index (χ1n) is 12.2. The van der Waals surface area contributed by atoms with E-state index in [1.54, 1.807) is 24.3 Å². The highest BCUT2D eigenvalue weighted by atomic mass is 32.2. The van der Waals surface area contributed by atoms with Crippen molar-refractivity contribution in [3.05, 3.63) is 53.7 Å². The van der Waals surface area contributed by atoms with Crippen molar-refractivity contribution in [3.63, 3.8) is 0 Å². The molecule has 0 atom stereocenters. The number of carbonyl (C=O) groups excluding carboxylic acids is 1. The third-order valence-corrected chi connectivity index (χ3v) is 8.31. The van der Waals surface area contributed by atoms with Crippen molar-refractivity contribution in [3.8, 4) is 0 Å². The highest BCUT2D eigenvalue weighted by Gasteiger charge is 2.26. The van der Waals surface area contributed by atoms with Gasteiger partial charge in [0.05, 0.1) is 18.1 Å². The number of ether oxygens (including phenoxy) is 1. The highest BCUT2D eigenvalue weighted by molar-refractivity contribution is 7.89. The van der Waals surface area contributed by atoms with Gasteiger partial charge < -0.3 is 15.0 Å². The van der Waals surface area contributed by atoms with E-state index in [0.717, 1.165) is 30.0 Å². The normalized spacial score (nSPS) is 17.8. The van der Waals surface area contributed by atoms with E-state index in [-0.39, 0.29) is 10.8 Å². The number of aromatic nitrogens is 1. The molecule has 1 aromatic heterocycles. The lowest BCUT2D eigenvalue weighted by atomic mass is 10.1. The Hall–Kier alpha value is -2.49. The maximum absolute atomic E-state index is 12.7. The largest absolute Gasteiger partial charge is 0.379 e. The molecular weight excluding hydrogens is 452 g/mol. The smallest absolute Gasteiger partial charge is 0.243 e. The molecule has 0 radical (unpaired) electrons. The van der Waals surface area contributed by atoms with Crippen LogP contribution in [0.25, 0.3) is 0 Å². The molecule has 34 heavy (non-hydrogen) atoms. The highest BCUT2D eigenvalue weighted by Crippen LogP contribution is 2.19. The molecule has 1 N–H and O–H groups in total. The number of carbonyl (C=O) groups is 1. The van der Waals surface area contributed by atoms with Gasteiger partial charge in [0.25, 0.3) is 0 Å². The maximum atomic E-state index is 12.7. The summed E-state index contributed by atoms with van der Waals surface area (Å²) in [5.74, 6) is 0.970. The van der Waals surface area contributed by atoms with Crippen LogP contribution in [-0.4, -0.2) is 63.0 Å². The standard InChI is InChI=1S/C25H34N4O4S/c30-25(27-20-22-7-11-24(26-19-22)28-13-3-1-2-4-14-28)12-8-21-5-9-23(10-6-21)34(31,32)29-15-17-33-18-16-29/h5-7,9-11,19H,1-4,8,12-18,20H2,(H,27,30). The van der Waals surface area contributed by atoms with Crippen LogP contribution in [0, 0.1) is 0 Å². The van der Waals surface area contributed by atoms with Crippen molar-refractivity contribution in [1.82, 2.24) is 14.6 Å². The molecular formula is C25H34N4O4S. The number of hydrogen-bond acceptors (Lipinski definition) is 6. The minimum absolute atomic E-state index is 0.0402. The molecule has 2 aliphatic rings. The van der Waals surface area contributed by atoms with Gasteiger partial charge in [0.1, 0.15) is 5.82 Å². The van der Waals surface area contributed by atoms with E-state index in [1.165, 1.54) is 30.0 Å².